The van der Waals surface area contributed by atoms with Crippen molar-refractivity contribution in [1.29, 1.82) is 0 Å². The molecule has 0 spiro atoms. The molecule has 1 amide bonds. The standard InChI is InChI=1S/C18H27NO3S/c1-14-7-9-16(10-8-14)5-4-6-18(20)19(17-11-12-17)15(2)13-23(3,21)22/h7-10,15,17H,4-6,11-13H2,1-3H3. The average Bonchev–Trinajstić information content (AvgIpc) is 3.24. The lowest BCUT2D eigenvalue weighted by Gasteiger charge is -2.29. The highest BCUT2D eigenvalue weighted by Gasteiger charge is 2.36. The Kier molecular flexibility index (Phi) is 5.84. The van der Waals surface area contributed by atoms with Crippen molar-refractivity contribution in [3.63, 3.8) is 0 Å². The lowest BCUT2D eigenvalue weighted by Crippen LogP contribution is -2.43. The zero-order chi connectivity index (χ0) is 17.0. The third kappa shape index (κ3) is 5.98. The smallest absolute Gasteiger partial charge is 0.223 e. The molecule has 0 radical (unpaired) electrons. The van der Waals surface area contributed by atoms with Gasteiger partial charge in [-0.3, -0.25) is 4.79 Å². The summed E-state index contributed by atoms with van der Waals surface area (Å²) in [7, 11) is -3.07. The van der Waals surface area contributed by atoms with Crippen molar-refractivity contribution in [2.45, 2.75) is 58.0 Å². The number of hydrogen-bond donors (Lipinski definition) is 0. The van der Waals surface area contributed by atoms with Crippen molar-refractivity contribution in [2.75, 3.05) is 12.0 Å². The summed E-state index contributed by atoms with van der Waals surface area (Å²) in [6, 6.07) is 8.39. The van der Waals surface area contributed by atoms with Gasteiger partial charge in [-0.2, -0.15) is 0 Å². The predicted molar refractivity (Wildman–Crippen MR) is 93.2 cm³/mol. The quantitative estimate of drug-likeness (QED) is 0.733. The molecule has 0 heterocycles. The van der Waals surface area contributed by atoms with Crippen molar-refractivity contribution in [1.82, 2.24) is 4.90 Å². The van der Waals surface area contributed by atoms with Gasteiger partial charge in [0, 0.05) is 24.8 Å². The SMILES string of the molecule is Cc1ccc(CCCC(=O)N(C(C)CS(C)(=O)=O)C2CC2)cc1. The number of hydrogen-bond acceptors (Lipinski definition) is 3. The Bertz CT molecular complexity index is 633. The molecule has 4 nitrogen and oxygen atoms in total. The molecule has 128 valence electrons. The molecule has 0 saturated heterocycles. The Balaban J connectivity index is 1.87. The lowest BCUT2D eigenvalue weighted by molar-refractivity contribution is -0.133. The fraction of sp³-hybridized carbons (Fsp3) is 0.611. The summed E-state index contributed by atoms with van der Waals surface area (Å²) in [5, 5.41) is 0. The van der Waals surface area contributed by atoms with Crippen LogP contribution in [0.25, 0.3) is 0 Å². The molecule has 1 atom stereocenters. The van der Waals surface area contributed by atoms with Gasteiger partial charge in [0.2, 0.25) is 5.91 Å². The van der Waals surface area contributed by atoms with Gasteiger partial charge in [0.25, 0.3) is 0 Å². The van der Waals surface area contributed by atoms with Crippen molar-refractivity contribution < 1.29 is 13.2 Å². The van der Waals surface area contributed by atoms with Crippen molar-refractivity contribution in [2.24, 2.45) is 0 Å². The minimum Gasteiger partial charge on any atom is -0.336 e. The van der Waals surface area contributed by atoms with Crippen LogP contribution in [-0.2, 0) is 21.1 Å². The van der Waals surface area contributed by atoms with E-state index in [0.29, 0.717) is 6.42 Å². The second-order valence-corrected chi connectivity index (χ2v) is 9.00. The van der Waals surface area contributed by atoms with Crippen molar-refractivity contribution >= 4 is 15.7 Å². The van der Waals surface area contributed by atoms with E-state index in [9.17, 15) is 13.2 Å². The highest BCUT2D eigenvalue weighted by molar-refractivity contribution is 7.90. The normalized spacial score (nSPS) is 16.1. The van der Waals surface area contributed by atoms with E-state index < -0.39 is 9.84 Å². The number of carbonyl (C=O) groups is 1. The molecule has 1 aromatic carbocycles. The Morgan fingerprint density at radius 1 is 1.26 bits per heavy atom. The average molecular weight is 337 g/mol. The summed E-state index contributed by atoms with van der Waals surface area (Å²) in [6.45, 7) is 3.90. The number of nitrogens with zero attached hydrogens (tertiary/aromatic N) is 1. The molecular formula is C18H27NO3S. The topological polar surface area (TPSA) is 54.5 Å². The zero-order valence-corrected chi connectivity index (χ0v) is 15.1. The van der Waals surface area contributed by atoms with Crippen LogP contribution < -0.4 is 0 Å². The molecule has 1 saturated carbocycles. The molecule has 1 fully saturated rings. The molecule has 23 heavy (non-hydrogen) atoms. The first-order valence-corrected chi connectivity index (χ1v) is 10.4. The lowest BCUT2D eigenvalue weighted by atomic mass is 10.1. The van der Waals surface area contributed by atoms with E-state index in [1.807, 2.05) is 11.8 Å². The maximum Gasteiger partial charge on any atom is 0.223 e. The number of amides is 1. The first-order valence-electron chi connectivity index (χ1n) is 8.30. The first-order chi connectivity index (χ1) is 10.8. The summed E-state index contributed by atoms with van der Waals surface area (Å²) in [6.07, 6.45) is 5.40. The Morgan fingerprint density at radius 3 is 2.39 bits per heavy atom. The van der Waals surface area contributed by atoms with Gasteiger partial charge in [0.15, 0.2) is 0 Å². The highest BCUT2D eigenvalue weighted by Crippen LogP contribution is 2.30. The number of sulfone groups is 1. The van der Waals surface area contributed by atoms with E-state index >= 15 is 0 Å². The van der Waals surface area contributed by atoms with Crippen LogP contribution in [0.3, 0.4) is 0 Å². The van der Waals surface area contributed by atoms with Crippen LogP contribution in [0.1, 0.15) is 43.7 Å². The fourth-order valence-corrected chi connectivity index (χ4v) is 4.04. The molecule has 2 rings (SSSR count). The van der Waals surface area contributed by atoms with Gasteiger partial charge < -0.3 is 4.90 Å². The molecule has 0 N–H and O–H groups in total. The van der Waals surface area contributed by atoms with Gasteiger partial charge in [0.1, 0.15) is 9.84 Å². The summed E-state index contributed by atoms with van der Waals surface area (Å²) in [5.41, 5.74) is 2.48. The molecule has 0 aliphatic heterocycles. The summed E-state index contributed by atoms with van der Waals surface area (Å²) in [4.78, 5) is 14.3. The van der Waals surface area contributed by atoms with Crippen LogP contribution >= 0.6 is 0 Å². The molecule has 1 aliphatic carbocycles. The zero-order valence-electron chi connectivity index (χ0n) is 14.3. The van der Waals surface area contributed by atoms with Gasteiger partial charge >= 0.3 is 0 Å². The van der Waals surface area contributed by atoms with Crippen LogP contribution in [0.5, 0.6) is 0 Å². The van der Waals surface area contributed by atoms with Gasteiger partial charge in [-0.05, 0) is 45.1 Å². The third-order valence-corrected chi connectivity index (χ3v) is 5.31. The van der Waals surface area contributed by atoms with Crippen LogP contribution in [0.15, 0.2) is 24.3 Å². The molecule has 1 unspecified atom stereocenters. The van der Waals surface area contributed by atoms with Gasteiger partial charge in [-0.25, -0.2) is 8.42 Å². The molecule has 5 heteroatoms. The van der Waals surface area contributed by atoms with Gasteiger partial charge in [-0.15, -0.1) is 0 Å². The Morgan fingerprint density at radius 2 is 1.87 bits per heavy atom. The fourth-order valence-electron chi connectivity index (χ4n) is 3.01. The largest absolute Gasteiger partial charge is 0.336 e. The number of rotatable bonds is 8. The number of aryl methyl sites for hydroxylation is 2. The summed E-state index contributed by atoms with van der Waals surface area (Å²) < 4.78 is 23.0. The van der Waals surface area contributed by atoms with E-state index in [0.717, 1.165) is 25.7 Å². The van der Waals surface area contributed by atoms with Gasteiger partial charge in [0.05, 0.1) is 5.75 Å². The minimum atomic E-state index is -3.07. The minimum absolute atomic E-state index is 0.0488. The first kappa shape index (κ1) is 18.0. The van der Waals surface area contributed by atoms with Crippen LogP contribution in [0.4, 0.5) is 0 Å². The Hall–Kier alpha value is -1.36. The van der Waals surface area contributed by atoms with E-state index in [4.69, 9.17) is 0 Å². The van der Waals surface area contributed by atoms with E-state index in [-0.39, 0.29) is 23.7 Å². The van der Waals surface area contributed by atoms with Gasteiger partial charge in [-0.1, -0.05) is 29.8 Å². The third-order valence-electron chi connectivity index (χ3n) is 4.22. The highest BCUT2D eigenvalue weighted by atomic mass is 32.2. The Labute approximate surface area is 139 Å². The maximum absolute atomic E-state index is 12.5. The number of carbonyl (C=O) groups excluding carboxylic acids is 1. The maximum atomic E-state index is 12.5. The second kappa shape index (κ2) is 7.47. The van der Waals surface area contributed by atoms with E-state index in [1.54, 1.807) is 0 Å². The molecule has 1 aromatic rings. The molecular weight excluding hydrogens is 310 g/mol. The summed E-state index contributed by atoms with van der Waals surface area (Å²) >= 11 is 0. The summed E-state index contributed by atoms with van der Waals surface area (Å²) in [5.74, 6) is 0.142. The monoisotopic (exact) mass is 337 g/mol. The van der Waals surface area contributed by atoms with Crippen molar-refractivity contribution in [3.05, 3.63) is 35.4 Å². The molecule has 1 aliphatic rings. The van der Waals surface area contributed by atoms with Crippen LogP contribution in [0, 0.1) is 6.92 Å². The van der Waals surface area contributed by atoms with Crippen LogP contribution in [0.2, 0.25) is 0 Å². The van der Waals surface area contributed by atoms with Crippen molar-refractivity contribution in [3.8, 4) is 0 Å². The predicted octanol–water partition coefficient (Wildman–Crippen LogP) is 2.74. The van der Waals surface area contributed by atoms with E-state index in [1.165, 1.54) is 17.4 Å². The molecule has 0 bridgehead atoms. The van der Waals surface area contributed by atoms with Crippen LogP contribution in [-0.4, -0.2) is 43.3 Å². The molecule has 0 aromatic heterocycles. The second-order valence-electron chi connectivity index (χ2n) is 6.81. The number of benzene rings is 1. The van der Waals surface area contributed by atoms with E-state index in [2.05, 4.69) is 31.2 Å².